The van der Waals surface area contributed by atoms with Gasteiger partial charge in [0, 0.05) is 79.0 Å². The predicted molar refractivity (Wildman–Crippen MR) is 138 cm³/mol. The number of methoxy groups -OCH3 is 2. The van der Waals surface area contributed by atoms with Crippen LogP contribution in [-0.2, 0) is 59.4 Å². The van der Waals surface area contributed by atoms with Crippen LogP contribution in [0.3, 0.4) is 0 Å². The number of aliphatic carboxylic acids is 1. The summed E-state index contributed by atoms with van der Waals surface area (Å²) in [4.78, 5) is 13.4. The third kappa shape index (κ3) is 21.0. The smallest absolute Gasteiger partial charge is 0.300 e. The number of carboxylic acids is 1. The van der Waals surface area contributed by atoms with Crippen LogP contribution in [0.15, 0.2) is 47.5 Å². The Balaban J connectivity index is -0.000000578. The molecule has 0 aliphatic rings. The zero-order valence-corrected chi connectivity index (χ0v) is 24.2. The maximum atomic E-state index is 9.56. The van der Waals surface area contributed by atoms with Crippen LogP contribution in [0.5, 0.6) is 11.5 Å². The summed E-state index contributed by atoms with van der Waals surface area (Å²) in [6, 6.07) is 12.6. The third-order valence-electron chi connectivity index (χ3n) is 2.70. The molecular formula is C21H29ClNO6PdS3-. The van der Waals surface area contributed by atoms with Crippen molar-refractivity contribution in [2.24, 2.45) is 4.99 Å². The molecule has 7 nitrogen and oxygen atoms in total. The molecule has 0 saturated heterocycles. The van der Waals surface area contributed by atoms with E-state index in [1.165, 1.54) is 0 Å². The Hall–Kier alpha value is -1.35. The number of carbonyl (C=O) groups is 1. The van der Waals surface area contributed by atoms with Crippen LogP contribution in [0.2, 0.25) is 5.02 Å². The van der Waals surface area contributed by atoms with Crippen LogP contribution in [-0.4, -0.2) is 63.8 Å². The van der Waals surface area contributed by atoms with Crippen molar-refractivity contribution >= 4 is 62.5 Å². The number of halogens is 1. The van der Waals surface area contributed by atoms with Gasteiger partial charge in [-0.25, -0.2) is 0 Å². The quantitative estimate of drug-likeness (QED) is 0.236. The number of hydrogen-bond acceptors (Lipinski definition) is 7. The minimum atomic E-state index is -0.833. The fraction of sp³-hybridized carbons (Fsp3) is 0.333. The zero-order chi connectivity index (χ0) is 25.3. The average molecular weight is 630 g/mol. The van der Waals surface area contributed by atoms with Crippen molar-refractivity contribution in [2.75, 3.05) is 39.2 Å². The van der Waals surface area contributed by atoms with Crippen LogP contribution in [0.25, 0.3) is 0 Å². The molecule has 0 aliphatic heterocycles. The third-order valence-corrected chi connectivity index (χ3v) is 3.25. The predicted octanol–water partition coefficient (Wildman–Crippen LogP) is 4.06. The van der Waals surface area contributed by atoms with Crippen molar-refractivity contribution in [3.8, 4) is 11.5 Å². The van der Waals surface area contributed by atoms with E-state index in [0.717, 1.165) is 12.6 Å². The van der Waals surface area contributed by atoms with Crippen molar-refractivity contribution < 1.29 is 48.2 Å². The molecular weight excluding hydrogens is 600 g/mol. The molecule has 0 fully saturated rings. The second-order valence-electron chi connectivity index (χ2n) is 5.93. The number of ether oxygens (including phenoxy) is 2. The van der Waals surface area contributed by atoms with Gasteiger partial charge in [0.1, 0.15) is 11.5 Å². The van der Waals surface area contributed by atoms with Crippen LogP contribution < -0.4 is 9.47 Å². The molecule has 33 heavy (non-hydrogen) atoms. The number of hydrogen-bond donors (Lipinski definition) is 1. The molecule has 0 radical (unpaired) electrons. The molecule has 0 aliphatic carbocycles. The van der Waals surface area contributed by atoms with Gasteiger partial charge in [0.2, 0.25) is 0 Å². The molecule has 0 atom stereocenters. The number of carboxylic acid groups (broad SMARTS) is 1. The van der Waals surface area contributed by atoms with Crippen molar-refractivity contribution in [3.63, 3.8) is 0 Å². The maximum absolute atomic E-state index is 9.56. The first-order valence-corrected chi connectivity index (χ1v) is 13.5. The molecule has 2 rings (SSSR count). The van der Waals surface area contributed by atoms with E-state index in [9.17, 15) is 8.42 Å². The van der Waals surface area contributed by atoms with E-state index in [4.69, 9.17) is 43.6 Å². The van der Waals surface area contributed by atoms with Gasteiger partial charge in [-0.15, -0.1) is 0 Å². The zero-order valence-electron chi connectivity index (χ0n) is 19.4. The van der Waals surface area contributed by atoms with E-state index >= 15 is 0 Å². The molecule has 0 heterocycles. The van der Waals surface area contributed by atoms with Gasteiger partial charge in [-0.2, -0.15) is 0 Å². The van der Waals surface area contributed by atoms with Crippen LogP contribution in [0.4, 0.5) is 5.69 Å². The molecule has 0 bridgehead atoms. The summed E-state index contributed by atoms with van der Waals surface area (Å²) in [7, 11) is 1.95. The van der Waals surface area contributed by atoms with E-state index in [1.54, 1.807) is 63.5 Å². The summed E-state index contributed by atoms with van der Waals surface area (Å²) in [5.74, 6) is 0.430. The van der Waals surface area contributed by atoms with Gasteiger partial charge in [-0.1, -0.05) is 22.7 Å². The molecule has 0 saturated carbocycles. The van der Waals surface area contributed by atoms with E-state index in [1.807, 2.05) is 18.2 Å². The second kappa shape index (κ2) is 21.2. The second-order valence-corrected chi connectivity index (χ2v) is 9.72. The Kier molecular flexibility index (Phi) is 23.3. The van der Waals surface area contributed by atoms with Gasteiger partial charge in [-0.3, -0.25) is 18.2 Å². The Morgan fingerprint density at radius 3 is 1.58 bits per heavy atom. The Bertz CT molecular complexity index is 849. The number of aliphatic imine (C=N–C) groups is 1. The minimum Gasteiger partial charge on any atom is -0.759 e. The van der Waals surface area contributed by atoms with Crippen LogP contribution in [0, 0.1) is 0 Å². The van der Waals surface area contributed by atoms with Crippen molar-refractivity contribution in [1.82, 2.24) is 0 Å². The summed E-state index contributed by atoms with van der Waals surface area (Å²) in [6.45, 7) is 1.08. The van der Waals surface area contributed by atoms with Crippen molar-refractivity contribution in [3.05, 3.63) is 53.1 Å². The fourth-order valence-electron chi connectivity index (χ4n) is 1.75. The summed E-state index contributed by atoms with van der Waals surface area (Å²) in [6.07, 6.45) is 6.56. The molecule has 0 aromatic heterocycles. The summed E-state index contributed by atoms with van der Waals surface area (Å²) >= 11 is 11.2. The molecule has 2 aromatic carbocycles. The number of nitrogens with zero attached hydrogens (tertiary/aromatic N) is 1. The molecule has 0 unspecified atom stereocenters. The first-order chi connectivity index (χ1) is 14.8. The van der Waals surface area contributed by atoms with Gasteiger partial charge in [0.25, 0.3) is 5.97 Å². The van der Waals surface area contributed by atoms with Gasteiger partial charge < -0.3 is 27.2 Å². The van der Waals surface area contributed by atoms with Crippen LogP contribution >= 0.6 is 11.6 Å². The van der Waals surface area contributed by atoms with Crippen molar-refractivity contribution in [1.29, 1.82) is 0 Å². The van der Waals surface area contributed by atoms with E-state index in [-0.39, 0.29) is 20.4 Å². The summed E-state index contributed by atoms with van der Waals surface area (Å²) in [5, 5.41) is 8.48. The largest absolute Gasteiger partial charge is 0.759 e. The van der Waals surface area contributed by atoms with Gasteiger partial charge in [0.05, 0.1) is 25.5 Å². The summed E-state index contributed by atoms with van der Waals surface area (Å²) in [5.41, 5.74) is 1.40. The van der Waals surface area contributed by atoms with E-state index in [0.29, 0.717) is 27.1 Å². The van der Waals surface area contributed by atoms with Gasteiger partial charge in [-0.05, 0) is 36.4 Å². The number of rotatable bonds is 4. The Morgan fingerprint density at radius 2 is 1.27 bits per heavy atom. The normalized spacial score (nSPS) is 9.70. The Morgan fingerprint density at radius 1 is 0.939 bits per heavy atom. The van der Waals surface area contributed by atoms with Crippen LogP contribution in [0.1, 0.15) is 12.5 Å². The molecule has 190 valence electrons. The maximum Gasteiger partial charge on any atom is 0.300 e. The molecule has 0 spiro atoms. The molecule has 1 N–H and O–H groups in total. The average Bonchev–Trinajstić information content (AvgIpc) is 2.67. The van der Waals surface area contributed by atoms with Gasteiger partial charge in [0.15, 0.2) is 0 Å². The minimum absolute atomic E-state index is 0. The van der Waals surface area contributed by atoms with Gasteiger partial charge >= 0.3 is 0 Å². The summed E-state index contributed by atoms with van der Waals surface area (Å²) < 4.78 is 29.7. The standard InChI is InChI=1S/C15H14ClNO2S.C2H4O2.2C2H6OS.Pd/c1-18-12-4-3-5-13(19-2)14(12)15(20)17-11-8-6-10(16)7-9-11;1-2(3)4;2*1-4(2)3;/h3-9H,1-2H3,(H,17,20);1H3,(H,3,4);2*1-2H3;/p-1. The van der Waals surface area contributed by atoms with E-state index < -0.39 is 27.6 Å². The van der Waals surface area contributed by atoms with Crippen molar-refractivity contribution in [2.45, 2.75) is 6.92 Å². The monoisotopic (exact) mass is 628 g/mol. The van der Waals surface area contributed by atoms with E-state index in [2.05, 4.69) is 4.99 Å². The molecule has 12 heteroatoms. The fourth-order valence-corrected chi connectivity index (χ4v) is 2.18. The SMILES string of the molecule is CC(=O)O.COc1cccc(OC)c1C([S-])=Nc1ccc(Cl)cc1.CS(C)=O.CS(C)=O.[Pd]. The number of benzene rings is 2. The molecule has 2 aromatic rings. The topological polar surface area (TPSA) is 102 Å². The first kappa shape index (κ1) is 36.2. The first-order valence-electron chi connectivity index (χ1n) is 8.77. The Labute approximate surface area is 225 Å². The molecule has 0 amide bonds.